The van der Waals surface area contributed by atoms with Crippen LogP contribution < -0.4 is 10.7 Å². The van der Waals surface area contributed by atoms with Gasteiger partial charge >= 0.3 is 0 Å². The fourth-order valence-corrected chi connectivity index (χ4v) is 3.09. The second-order valence-corrected chi connectivity index (χ2v) is 7.23. The van der Waals surface area contributed by atoms with Crippen LogP contribution in [0.1, 0.15) is 22.6 Å². The third-order valence-electron chi connectivity index (χ3n) is 4.22. The third kappa shape index (κ3) is 6.12. The van der Waals surface area contributed by atoms with E-state index in [4.69, 9.17) is 0 Å². The number of benzene rings is 3. The second kappa shape index (κ2) is 10.3. The maximum atomic E-state index is 12.8. The van der Waals surface area contributed by atoms with Crippen LogP contribution in [0.15, 0.2) is 94.5 Å². The van der Waals surface area contributed by atoms with E-state index in [-0.39, 0.29) is 12.5 Å². The lowest BCUT2D eigenvalue weighted by molar-refractivity contribution is -0.126. The Hall–Kier alpha value is -3.25. The highest BCUT2D eigenvalue weighted by atomic mass is 79.9. The van der Waals surface area contributed by atoms with Crippen LogP contribution in [0.2, 0.25) is 0 Å². The average Bonchev–Trinajstić information content (AvgIpc) is 2.75. The number of carbonyl (C=O) groups is 2. The molecule has 0 aliphatic rings. The van der Waals surface area contributed by atoms with Crippen LogP contribution in [-0.4, -0.2) is 24.6 Å². The predicted molar refractivity (Wildman–Crippen MR) is 118 cm³/mol. The third-order valence-corrected chi connectivity index (χ3v) is 4.75. The first-order chi connectivity index (χ1) is 14.1. The van der Waals surface area contributed by atoms with E-state index in [1.54, 1.807) is 6.21 Å². The molecule has 0 bridgehead atoms. The molecule has 0 atom stereocenters. The van der Waals surface area contributed by atoms with Gasteiger partial charge in [0.05, 0.1) is 18.7 Å². The fraction of sp³-hybridized carbons (Fsp3) is 0.0870. The summed E-state index contributed by atoms with van der Waals surface area (Å²) in [5, 5.41) is 6.62. The van der Waals surface area contributed by atoms with Gasteiger partial charge in [0.25, 0.3) is 5.91 Å². The second-order valence-electron chi connectivity index (χ2n) is 6.32. The Morgan fingerprint density at radius 1 is 0.862 bits per heavy atom. The lowest BCUT2D eigenvalue weighted by Crippen LogP contribution is -2.37. The van der Waals surface area contributed by atoms with Crippen LogP contribution in [0.5, 0.6) is 0 Å². The van der Waals surface area contributed by atoms with E-state index < -0.39 is 11.8 Å². The number of amides is 2. The van der Waals surface area contributed by atoms with E-state index in [1.165, 1.54) is 0 Å². The van der Waals surface area contributed by atoms with Gasteiger partial charge in [0.2, 0.25) is 5.91 Å². The molecule has 146 valence electrons. The van der Waals surface area contributed by atoms with Gasteiger partial charge in [0.1, 0.15) is 0 Å². The van der Waals surface area contributed by atoms with Crippen molar-refractivity contribution < 1.29 is 9.59 Å². The summed E-state index contributed by atoms with van der Waals surface area (Å²) < 4.78 is 0.966. The van der Waals surface area contributed by atoms with Crippen molar-refractivity contribution in [1.29, 1.82) is 0 Å². The first-order valence-corrected chi connectivity index (χ1v) is 9.88. The molecule has 3 aromatic carbocycles. The van der Waals surface area contributed by atoms with Crippen LogP contribution >= 0.6 is 15.9 Å². The van der Waals surface area contributed by atoms with Gasteiger partial charge in [-0.1, -0.05) is 88.7 Å². The van der Waals surface area contributed by atoms with Gasteiger partial charge in [-0.15, -0.1) is 0 Å². The van der Waals surface area contributed by atoms with Crippen molar-refractivity contribution >= 4 is 34.0 Å². The molecule has 0 unspecified atom stereocenters. The predicted octanol–water partition coefficient (Wildman–Crippen LogP) is 3.85. The van der Waals surface area contributed by atoms with Gasteiger partial charge in [-0.3, -0.25) is 9.59 Å². The summed E-state index contributed by atoms with van der Waals surface area (Å²) in [6, 6.07) is 26.5. The van der Waals surface area contributed by atoms with Crippen molar-refractivity contribution in [2.45, 2.75) is 5.92 Å². The SMILES string of the molecule is O=C(CNC(=O)C(c1ccccc1)c1ccccc1)N/N=C\c1ccc(Br)cc1. The average molecular weight is 450 g/mol. The highest BCUT2D eigenvalue weighted by Gasteiger charge is 2.22. The van der Waals surface area contributed by atoms with E-state index in [0.29, 0.717) is 0 Å². The van der Waals surface area contributed by atoms with Crippen molar-refractivity contribution in [2.24, 2.45) is 5.10 Å². The number of nitrogens with zero attached hydrogens (tertiary/aromatic N) is 1. The molecule has 0 fully saturated rings. The maximum absolute atomic E-state index is 12.8. The van der Waals surface area contributed by atoms with Gasteiger partial charge in [0, 0.05) is 4.47 Å². The molecule has 0 spiro atoms. The normalized spacial score (nSPS) is 10.8. The highest BCUT2D eigenvalue weighted by molar-refractivity contribution is 9.10. The van der Waals surface area contributed by atoms with Crippen molar-refractivity contribution in [3.63, 3.8) is 0 Å². The number of nitrogens with one attached hydrogen (secondary N) is 2. The van der Waals surface area contributed by atoms with Gasteiger partial charge in [0.15, 0.2) is 0 Å². The number of hydrazone groups is 1. The minimum absolute atomic E-state index is 0.160. The summed E-state index contributed by atoms with van der Waals surface area (Å²) in [6.07, 6.45) is 1.54. The lowest BCUT2D eigenvalue weighted by atomic mass is 9.90. The van der Waals surface area contributed by atoms with Crippen LogP contribution in [0, 0.1) is 0 Å². The van der Waals surface area contributed by atoms with Crippen LogP contribution in [0.3, 0.4) is 0 Å². The van der Waals surface area contributed by atoms with E-state index in [2.05, 4.69) is 31.8 Å². The maximum Gasteiger partial charge on any atom is 0.259 e. The van der Waals surface area contributed by atoms with E-state index in [0.717, 1.165) is 21.2 Å². The van der Waals surface area contributed by atoms with E-state index >= 15 is 0 Å². The summed E-state index contributed by atoms with van der Waals surface area (Å²) in [7, 11) is 0. The molecule has 0 aliphatic heterocycles. The molecule has 3 rings (SSSR count). The first-order valence-electron chi connectivity index (χ1n) is 9.08. The summed E-state index contributed by atoms with van der Waals surface area (Å²) in [6.45, 7) is -0.160. The Balaban J connectivity index is 1.60. The Labute approximate surface area is 178 Å². The number of hydrogen-bond donors (Lipinski definition) is 2. The molecule has 29 heavy (non-hydrogen) atoms. The molecule has 6 heteroatoms. The van der Waals surface area contributed by atoms with Crippen molar-refractivity contribution in [3.05, 3.63) is 106 Å². The van der Waals surface area contributed by atoms with E-state index in [1.807, 2.05) is 84.9 Å². The quantitative estimate of drug-likeness (QED) is 0.424. The van der Waals surface area contributed by atoms with Gasteiger partial charge in [-0.25, -0.2) is 5.43 Å². The molecular formula is C23H20BrN3O2. The summed E-state index contributed by atoms with van der Waals surface area (Å²) in [4.78, 5) is 24.9. The molecule has 0 heterocycles. The molecule has 2 N–H and O–H groups in total. The molecule has 3 aromatic rings. The lowest BCUT2D eigenvalue weighted by Gasteiger charge is -2.17. The zero-order chi connectivity index (χ0) is 20.5. The molecule has 0 saturated carbocycles. The van der Waals surface area contributed by atoms with Gasteiger partial charge in [-0.2, -0.15) is 5.10 Å². The number of halogens is 1. The van der Waals surface area contributed by atoms with E-state index in [9.17, 15) is 9.59 Å². The van der Waals surface area contributed by atoms with Crippen LogP contribution in [-0.2, 0) is 9.59 Å². The summed E-state index contributed by atoms with van der Waals surface area (Å²) in [5.41, 5.74) is 5.01. The standard InChI is InChI=1S/C23H20BrN3O2/c24-20-13-11-17(12-14-20)15-26-27-21(28)16-25-23(29)22(18-7-3-1-4-8-18)19-9-5-2-6-10-19/h1-15,22H,16H2,(H,25,29)(H,27,28)/b26-15-. The molecule has 0 radical (unpaired) electrons. The smallest absolute Gasteiger partial charge is 0.259 e. The summed E-state index contributed by atoms with van der Waals surface area (Å²) >= 11 is 3.36. The zero-order valence-corrected chi connectivity index (χ0v) is 17.2. The molecule has 2 amide bonds. The zero-order valence-electron chi connectivity index (χ0n) is 15.6. The first kappa shape index (κ1) is 20.5. The molecule has 5 nitrogen and oxygen atoms in total. The van der Waals surface area contributed by atoms with Crippen molar-refractivity contribution in [1.82, 2.24) is 10.7 Å². The summed E-state index contributed by atoms with van der Waals surface area (Å²) in [5.74, 6) is -1.13. The largest absolute Gasteiger partial charge is 0.346 e. The number of hydrogen-bond acceptors (Lipinski definition) is 3. The Kier molecular flexibility index (Phi) is 7.30. The minimum Gasteiger partial charge on any atom is -0.346 e. The Bertz CT molecular complexity index is 935. The monoisotopic (exact) mass is 449 g/mol. The Morgan fingerprint density at radius 3 is 1.97 bits per heavy atom. The molecule has 0 aromatic heterocycles. The number of carbonyl (C=O) groups excluding carboxylic acids is 2. The fourth-order valence-electron chi connectivity index (χ4n) is 2.82. The molecule has 0 aliphatic carbocycles. The van der Waals surface area contributed by atoms with Crippen molar-refractivity contribution in [2.75, 3.05) is 6.54 Å². The Morgan fingerprint density at radius 2 is 1.41 bits per heavy atom. The van der Waals surface area contributed by atoms with Crippen LogP contribution in [0.4, 0.5) is 0 Å². The minimum atomic E-state index is -0.489. The highest BCUT2D eigenvalue weighted by Crippen LogP contribution is 2.24. The topological polar surface area (TPSA) is 70.6 Å². The van der Waals surface area contributed by atoms with Crippen molar-refractivity contribution in [3.8, 4) is 0 Å². The van der Waals surface area contributed by atoms with Gasteiger partial charge in [-0.05, 0) is 28.8 Å². The van der Waals surface area contributed by atoms with Gasteiger partial charge < -0.3 is 5.32 Å². The molecular weight excluding hydrogens is 430 g/mol. The van der Waals surface area contributed by atoms with Crippen LogP contribution in [0.25, 0.3) is 0 Å². The molecule has 0 saturated heterocycles. The number of rotatable bonds is 7.